The zero-order valence-electron chi connectivity index (χ0n) is 17.3. The Bertz CT molecular complexity index is 1300. The SMILES string of the molecule is Nc1ccc(-c2cnn3ccc(C(=O)Nc4ccccc4N4CCNCC4)nc23)cc1F. The van der Waals surface area contributed by atoms with E-state index in [1.165, 1.54) is 12.1 Å². The van der Waals surface area contributed by atoms with Gasteiger partial charge in [0, 0.05) is 37.9 Å². The number of anilines is 3. The highest BCUT2D eigenvalue weighted by atomic mass is 19.1. The molecule has 0 radical (unpaired) electrons. The summed E-state index contributed by atoms with van der Waals surface area (Å²) in [5.74, 6) is -0.842. The average molecular weight is 431 g/mol. The van der Waals surface area contributed by atoms with Crippen LogP contribution in [0.1, 0.15) is 10.5 Å². The van der Waals surface area contributed by atoms with E-state index in [9.17, 15) is 9.18 Å². The summed E-state index contributed by atoms with van der Waals surface area (Å²) in [6.07, 6.45) is 3.26. The maximum atomic E-state index is 14.0. The maximum Gasteiger partial charge on any atom is 0.274 e. The molecule has 4 N–H and O–H groups in total. The van der Waals surface area contributed by atoms with Gasteiger partial charge < -0.3 is 21.3 Å². The molecule has 0 atom stereocenters. The molecule has 9 heteroatoms. The number of carbonyl (C=O) groups is 1. The molecule has 2 aromatic heterocycles. The third kappa shape index (κ3) is 3.74. The number of nitrogens with two attached hydrogens (primary N) is 1. The highest BCUT2D eigenvalue weighted by molar-refractivity contribution is 6.05. The first-order valence-corrected chi connectivity index (χ1v) is 10.4. The van der Waals surface area contributed by atoms with Crippen LogP contribution in [0.3, 0.4) is 0 Å². The Morgan fingerprint density at radius 2 is 1.94 bits per heavy atom. The number of nitrogens with one attached hydrogen (secondary N) is 2. The molecule has 1 aliphatic heterocycles. The van der Waals surface area contributed by atoms with E-state index >= 15 is 0 Å². The third-order valence-electron chi connectivity index (χ3n) is 5.52. The summed E-state index contributed by atoms with van der Waals surface area (Å²) >= 11 is 0. The fourth-order valence-electron chi connectivity index (χ4n) is 3.84. The Morgan fingerprint density at radius 1 is 1.12 bits per heavy atom. The highest BCUT2D eigenvalue weighted by Gasteiger charge is 2.18. The number of benzene rings is 2. The van der Waals surface area contributed by atoms with Gasteiger partial charge in [0.25, 0.3) is 5.91 Å². The second kappa shape index (κ2) is 8.27. The van der Waals surface area contributed by atoms with Crippen molar-refractivity contribution in [2.75, 3.05) is 42.1 Å². The Kier molecular flexibility index (Phi) is 5.16. The van der Waals surface area contributed by atoms with Crippen LogP contribution in [0.4, 0.5) is 21.5 Å². The van der Waals surface area contributed by atoms with Gasteiger partial charge in [-0.15, -0.1) is 0 Å². The molecule has 1 aliphatic rings. The largest absolute Gasteiger partial charge is 0.396 e. The number of aromatic nitrogens is 3. The fourth-order valence-corrected chi connectivity index (χ4v) is 3.84. The number of para-hydroxylation sites is 2. The van der Waals surface area contributed by atoms with Crippen LogP contribution < -0.4 is 21.3 Å². The summed E-state index contributed by atoms with van der Waals surface area (Å²) in [4.78, 5) is 19.8. The molecule has 2 aromatic carbocycles. The molecule has 1 amide bonds. The van der Waals surface area contributed by atoms with Gasteiger partial charge in [0.15, 0.2) is 5.65 Å². The summed E-state index contributed by atoms with van der Waals surface area (Å²) in [5.41, 5.74) is 9.26. The Hall–Kier alpha value is -3.98. The van der Waals surface area contributed by atoms with Crippen molar-refractivity contribution in [2.24, 2.45) is 0 Å². The standard InChI is InChI=1S/C23H22FN7O/c24-17-13-15(5-6-18(17)25)16-14-27-31-10-7-20(28-22(16)31)23(32)29-19-3-1-2-4-21(19)30-11-8-26-9-12-30/h1-7,10,13-14,26H,8-9,11-12,25H2,(H,29,32). The lowest BCUT2D eigenvalue weighted by Gasteiger charge is -2.31. The number of halogens is 1. The Balaban J connectivity index is 1.45. The van der Waals surface area contributed by atoms with E-state index in [4.69, 9.17) is 5.73 Å². The number of piperazine rings is 1. The van der Waals surface area contributed by atoms with Gasteiger partial charge in [-0.05, 0) is 35.9 Å². The number of amides is 1. The minimum atomic E-state index is -0.514. The molecule has 0 spiro atoms. The van der Waals surface area contributed by atoms with E-state index < -0.39 is 5.82 Å². The molecule has 162 valence electrons. The number of fused-ring (bicyclic) bond motifs is 1. The first-order chi connectivity index (χ1) is 15.6. The van der Waals surface area contributed by atoms with E-state index in [2.05, 4.69) is 25.6 Å². The fraction of sp³-hybridized carbons (Fsp3) is 0.174. The zero-order valence-corrected chi connectivity index (χ0v) is 17.3. The van der Waals surface area contributed by atoms with E-state index in [1.54, 1.807) is 29.0 Å². The van der Waals surface area contributed by atoms with E-state index in [1.807, 2.05) is 24.3 Å². The smallest absolute Gasteiger partial charge is 0.274 e. The first-order valence-electron chi connectivity index (χ1n) is 10.4. The predicted molar refractivity (Wildman–Crippen MR) is 122 cm³/mol. The van der Waals surface area contributed by atoms with Crippen molar-refractivity contribution >= 4 is 28.6 Å². The van der Waals surface area contributed by atoms with Crippen molar-refractivity contribution in [3.8, 4) is 11.1 Å². The number of hydrogen-bond acceptors (Lipinski definition) is 6. The van der Waals surface area contributed by atoms with Crippen LogP contribution in [0, 0.1) is 5.82 Å². The lowest BCUT2D eigenvalue weighted by molar-refractivity contribution is 0.102. The van der Waals surface area contributed by atoms with Crippen LogP contribution in [-0.2, 0) is 0 Å². The number of hydrogen-bond donors (Lipinski definition) is 3. The molecule has 0 saturated carbocycles. The van der Waals surface area contributed by atoms with Crippen molar-refractivity contribution < 1.29 is 9.18 Å². The molecule has 5 rings (SSSR count). The minimum Gasteiger partial charge on any atom is -0.396 e. The molecule has 32 heavy (non-hydrogen) atoms. The van der Waals surface area contributed by atoms with Crippen molar-refractivity contribution in [2.45, 2.75) is 0 Å². The molecule has 0 bridgehead atoms. The Labute approximate surface area is 183 Å². The van der Waals surface area contributed by atoms with Gasteiger partial charge in [-0.1, -0.05) is 18.2 Å². The molecular weight excluding hydrogens is 409 g/mol. The number of nitrogen functional groups attached to an aromatic ring is 1. The second-order valence-electron chi connectivity index (χ2n) is 7.58. The summed E-state index contributed by atoms with van der Waals surface area (Å²) < 4.78 is 15.5. The second-order valence-corrected chi connectivity index (χ2v) is 7.58. The lowest BCUT2D eigenvalue weighted by atomic mass is 10.1. The monoisotopic (exact) mass is 431 g/mol. The van der Waals surface area contributed by atoms with Crippen molar-refractivity contribution in [3.05, 3.63) is 72.4 Å². The van der Waals surface area contributed by atoms with E-state index in [0.717, 1.165) is 37.6 Å². The number of rotatable bonds is 4. The van der Waals surface area contributed by atoms with Gasteiger partial charge >= 0.3 is 0 Å². The molecule has 4 aromatic rings. The van der Waals surface area contributed by atoms with Crippen LogP contribution in [0.25, 0.3) is 16.8 Å². The lowest BCUT2D eigenvalue weighted by Crippen LogP contribution is -2.43. The summed E-state index contributed by atoms with van der Waals surface area (Å²) in [7, 11) is 0. The van der Waals surface area contributed by atoms with Crippen molar-refractivity contribution in [1.82, 2.24) is 19.9 Å². The Morgan fingerprint density at radius 3 is 2.75 bits per heavy atom. The predicted octanol–water partition coefficient (Wildman–Crippen LogP) is 2.78. The number of nitrogens with zero attached hydrogens (tertiary/aromatic N) is 4. The van der Waals surface area contributed by atoms with Gasteiger partial charge in [0.05, 0.1) is 23.3 Å². The van der Waals surface area contributed by atoms with Crippen LogP contribution in [0.15, 0.2) is 60.9 Å². The molecule has 3 heterocycles. The van der Waals surface area contributed by atoms with Crippen LogP contribution in [0.5, 0.6) is 0 Å². The quantitative estimate of drug-likeness (QED) is 0.430. The van der Waals surface area contributed by atoms with Gasteiger partial charge in [-0.2, -0.15) is 5.10 Å². The molecule has 0 aliphatic carbocycles. The molecule has 1 saturated heterocycles. The van der Waals surface area contributed by atoms with Crippen LogP contribution in [0.2, 0.25) is 0 Å². The zero-order chi connectivity index (χ0) is 22.1. The van der Waals surface area contributed by atoms with Gasteiger partial charge in [0.1, 0.15) is 11.5 Å². The van der Waals surface area contributed by atoms with E-state index in [0.29, 0.717) is 16.8 Å². The van der Waals surface area contributed by atoms with Gasteiger partial charge in [0.2, 0.25) is 0 Å². The summed E-state index contributed by atoms with van der Waals surface area (Å²) in [6, 6.07) is 13.9. The normalized spacial score (nSPS) is 14.0. The number of carbonyl (C=O) groups excluding carboxylic acids is 1. The van der Waals surface area contributed by atoms with Gasteiger partial charge in [-0.25, -0.2) is 13.9 Å². The van der Waals surface area contributed by atoms with Crippen LogP contribution in [-0.4, -0.2) is 46.7 Å². The third-order valence-corrected chi connectivity index (χ3v) is 5.52. The minimum absolute atomic E-state index is 0.0707. The van der Waals surface area contributed by atoms with Gasteiger partial charge in [-0.3, -0.25) is 4.79 Å². The maximum absolute atomic E-state index is 14.0. The molecule has 1 fully saturated rings. The molecule has 8 nitrogen and oxygen atoms in total. The highest BCUT2D eigenvalue weighted by Crippen LogP contribution is 2.28. The summed E-state index contributed by atoms with van der Waals surface area (Å²) in [5, 5.41) is 10.6. The van der Waals surface area contributed by atoms with Crippen molar-refractivity contribution in [3.63, 3.8) is 0 Å². The average Bonchev–Trinajstić information content (AvgIpc) is 3.25. The van der Waals surface area contributed by atoms with E-state index in [-0.39, 0.29) is 17.3 Å². The molecule has 0 unspecified atom stereocenters. The van der Waals surface area contributed by atoms with Crippen molar-refractivity contribution in [1.29, 1.82) is 0 Å². The van der Waals surface area contributed by atoms with Crippen LogP contribution >= 0.6 is 0 Å². The topological polar surface area (TPSA) is 101 Å². The summed E-state index contributed by atoms with van der Waals surface area (Å²) in [6.45, 7) is 3.54. The molecular formula is C23H22FN7O. The first kappa shape index (κ1) is 20.0.